The van der Waals surface area contributed by atoms with Crippen molar-refractivity contribution in [2.75, 3.05) is 12.0 Å². The molecule has 0 spiro atoms. The second-order valence-corrected chi connectivity index (χ2v) is 18.3. The number of fused-ring (bicyclic) bond motifs is 2. The molecule has 0 fully saturated rings. The highest BCUT2D eigenvalue weighted by Crippen LogP contribution is 2.43. The lowest BCUT2D eigenvalue weighted by atomic mass is 9.88. The van der Waals surface area contributed by atoms with Gasteiger partial charge >= 0.3 is 12.1 Å². The highest BCUT2D eigenvalue weighted by atomic mass is 32.2. The molecule has 1 aliphatic rings. The molecule has 54 heavy (non-hydrogen) atoms. The van der Waals surface area contributed by atoms with E-state index in [0.29, 0.717) is 30.9 Å². The number of anilines is 1. The van der Waals surface area contributed by atoms with Crippen molar-refractivity contribution in [3.8, 4) is 22.9 Å². The molecule has 6 rings (SSSR count). The van der Waals surface area contributed by atoms with E-state index < -0.39 is 29.2 Å². The average Bonchev–Trinajstić information content (AvgIpc) is 3.64. The summed E-state index contributed by atoms with van der Waals surface area (Å²) in [6, 6.07) is 25.3. The van der Waals surface area contributed by atoms with Gasteiger partial charge in [-0.05, 0) is 82.5 Å². The molecular weight excluding hydrogens is 701 g/mol. The second kappa shape index (κ2) is 15.0. The maximum Gasteiger partial charge on any atom is 0.415 e. The van der Waals surface area contributed by atoms with E-state index in [0.717, 1.165) is 49.6 Å². The first-order chi connectivity index (χ1) is 25.4. The maximum atomic E-state index is 14.0. The van der Waals surface area contributed by atoms with Crippen molar-refractivity contribution >= 4 is 40.4 Å². The van der Waals surface area contributed by atoms with Crippen molar-refractivity contribution in [1.29, 1.82) is 0 Å². The molecule has 11 heteroatoms. The fourth-order valence-electron chi connectivity index (χ4n) is 6.65. The van der Waals surface area contributed by atoms with Crippen molar-refractivity contribution in [3.05, 3.63) is 95.7 Å². The quantitative estimate of drug-likeness (QED) is 0.127. The smallest absolute Gasteiger partial charge is 0.415 e. The zero-order valence-electron chi connectivity index (χ0n) is 32.5. The van der Waals surface area contributed by atoms with Gasteiger partial charge in [0.05, 0.1) is 29.9 Å². The number of aromatic amines is 1. The van der Waals surface area contributed by atoms with Crippen LogP contribution in [0.1, 0.15) is 72.2 Å². The monoisotopic (exact) mass is 750 g/mol. The molecule has 1 amide bonds. The van der Waals surface area contributed by atoms with Gasteiger partial charge in [-0.15, -0.1) is 22.0 Å². The lowest BCUT2D eigenvalue weighted by Crippen LogP contribution is -2.50. The SMILES string of the molecule is COc1ccc(-c2ccc(CC(Oc3ccc4[nH]c(CC(C)(C)C(=O)O)c(SC(C)(C)C)c4c3)C3Cc4ccccc4N3C(=O)OC(C)(C)C)cc2)nn1. The van der Waals surface area contributed by atoms with Crippen molar-refractivity contribution in [2.24, 2.45) is 5.41 Å². The number of carboxylic acids is 1. The van der Waals surface area contributed by atoms with Crippen LogP contribution in [0.25, 0.3) is 22.2 Å². The van der Waals surface area contributed by atoms with Crippen LogP contribution in [0.5, 0.6) is 11.6 Å². The summed E-state index contributed by atoms with van der Waals surface area (Å²) < 4.78 is 18.0. The van der Waals surface area contributed by atoms with E-state index in [-0.39, 0.29) is 10.8 Å². The molecule has 0 radical (unpaired) electrons. The first kappa shape index (κ1) is 38.7. The summed E-state index contributed by atoms with van der Waals surface area (Å²) in [5.41, 5.74) is 4.67. The van der Waals surface area contributed by atoms with Gasteiger partial charge in [0, 0.05) is 50.7 Å². The normalized spacial score (nSPS) is 15.2. The first-order valence-electron chi connectivity index (χ1n) is 18.2. The number of hydrogen-bond acceptors (Lipinski definition) is 8. The number of ether oxygens (including phenoxy) is 3. The first-order valence-corrected chi connectivity index (χ1v) is 19.0. The zero-order valence-corrected chi connectivity index (χ0v) is 33.3. The third-order valence-electron chi connectivity index (χ3n) is 9.26. The number of benzene rings is 3. The summed E-state index contributed by atoms with van der Waals surface area (Å²) in [6.07, 6.45) is 0.537. The minimum absolute atomic E-state index is 0.135. The largest absolute Gasteiger partial charge is 0.488 e. The molecular formula is C43H50N4O6S. The number of rotatable bonds is 11. The Morgan fingerprint density at radius 1 is 0.944 bits per heavy atom. The molecule has 10 nitrogen and oxygen atoms in total. The lowest BCUT2D eigenvalue weighted by molar-refractivity contribution is -0.146. The molecule has 3 heterocycles. The molecule has 0 saturated heterocycles. The Hall–Kier alpha value is -5.03. The number of carboxylic acid groups (broad SMARTS) is 1. The van der Waals surface area contributed by atoms with Crippen LogP contribution in [-0.2, 0) is 28.8 Å². The highest BCUT2D eigenvalue weighted by Gasteiger charge is 2.42. The Bertz CT molecular complexity index is 2130. The van der Waals surface area contributed by atoms with Crippen LogP contribution in [-0.4, -0.2) is 62.0 Å². The number of carbonyl (C=O) groups excluding carboxylic acids is 1. The molecule has 0 saturated carbocycles. The Labute approximate surface area is 321 Å². The van der Waals surface area contributed by atoms with Crippen LogP contribution in [0.2, 0.25) is 0 Å². The number of methoxy groups -OCH3 is 1. The van der Waals surface area contributed by atoms with Gasteiger partial charge in [0.25, 0.3) is 0 Å². The van der Waals surface area contributed by atoms with E-state index in [1.807, 2.05) is 75.4 Å². The minimum Gasteiger partial charge on any atom is -0.488 e. The highest BCUT2D eigenvalue weighted by molar-refractivity contribution is 8.00. The second-order valence-electron chi connectivity index (χ2n) is 16.5. The summed E-state index contributed by atoms with van der Waals surface area (Å²) >= 11 is 1.71. The number of amides is 1. The van der Waals surface area contributed by atoms with E-state index in [1.54, 1.807) is 43.7 Å². The fraction of sp³-hybridized carbons (Fsp3) is 0.395. The predicted molar refractivity (Wildman–Crippen MR) is 214 cm³/mol. The molecule has 3 aromatic carbocycles. The van der Waals surface area contributed by atoms with Crippen molar-refractivity contribution in [2.45, 2.75) is 102 Å². The Kier molecular flexibility index (Phi) is 10.8. The Morgan fingerprint density at radius 2 is 1.67 bits per heavy atom. The van der Waals surface area contributed by atoms with Crippen LogP contribution in [0.15, 0.2) is 83.8 Å². The predicted octanol–water partition coefficient (Wildman–Crippen LogP) is 9.53. The molecule has 2 atom stereocenters. The Balaban J connectivity index is 1.40. The van der Waals surface area contributed by atoms with Crippen molar-refractivity contribution < 1.29 is 28.9 Å². The van der Waals surface area contributed by atoms with Gasteiger partial charge < -0.3 is 24.3 Å². The number of para-hydroxylation sites is 1. The molecule has 5 aromatic rings. The van der Waals surface area contributed by atoms with Gasteiger partial charge in [0.2, 0.25) is 5.88 Å². The van der Waals surface area contributed by atoms with E-state index in [9.17, 15) is 14.7 Å². The van der Waals surface area contributed by atoms with E-state index >= 15 is 0 Å². The summed E-state index contributed by atoms with van der Waals surface area (Å²) in [6.45, 7) is 15.6. The number of nitrogens with one attached hydrogen (secondary N) is 1. The van der Waals surface area contributed by atoms with Crippen LogP contribution >= 0.6 is 11.8 Å². The topological polar surface area (TPSA) is 127 Å². The van der Waals surface area contributed by atoms with Gasteiger partial charge in [-0.1, -0.05) is 63.2 Å². The van der Waals surface area contributed by atoms with Gasteiger partial charge in [0.15, 0.2) is 0 Å². The van der Waals surface area contributed by atoms with E-state index in [1.165, 1.54) is 0 Å². The Morgan fingerprint density at radius 3 is 2.30 bits per heavy atom. The zero-order chi connectivity index (χ0) is 39.0. The van der Waals surface area contributed by atoms with Crippen molar-refractivity contribution in [3.63, 3.8) is 0 Å². The van der Waals surface area contributed by atoms with Crippen LogP contribution < -0.4 is 14.4 Å². The molecule has 1 aliphatic heterocycles. The number of nitrogens with zero attached hydrogens (tertiary/aromatic N) is 3. The summed E-state index contributed by atoms with van der Waals surface area (Å²) in [4.78, 5) is 32.4. The summed E-state index contributed by atoms with van der Waals surface area (Å²) in [7, 11) is 1.56. The number of hydrogen-bond donors (Lipinski definition) is 2. The van der Waals surface area contributed by atoms with Crippen LogP contribution in [0.4, 0.5) is 10.5 Å². The number of aromatic nitrogens is 3. The van der Waals surface area contributed by atoms with Gasteiger partial charge in [-0.25, -0.2) is 4.79 Å². The van der Waals surface area contributed by atoms with Crippen LogP contribution in [0, 0.1) is 5.41 Å². The van der Waals surface area contributed by atoms with Gasteiger partial charge in [0.1, 0.15) is 17.5 Å². The van der Waals surface area contributed by atoms with Gasteiger partial charge in [-0.3, -0.25) is 9.69 Å². The molecule has 2 unspecified atom stereocenters. The maximum absolute atomic E-state index is 14.0. The minimum atomic E-state index is -0.962. The fourth-order valence-corrected chi connectivity index (χ4v) is 7.79. The number of aliphatic carboxylic acids is 1. The van der Waals surface area contributed by atoms with Crippen molar-refractivity contribution in [1.82, 2.24) is 15.2 Å². The molecule has 0 bridgehead atoms. The molecule has 2 N–H and O–H groups in total. The number of carbonyl (C=O) groups is 2. The van der Waals surface area contributed by atoms with Gasteiger partial charge in [-0.2, -0.15) is 0 Å². The van der Waals surface area contributed by atoms with E-state index in [4.69, 9.17) is 14.2 Å². The molecule has 284 valence electrons. The standard InChI is InChI=1S/C43H50N4O6S/c1-41(2,3)53-40(50)47-34-13-11-10-12-28(34)23-35(47)36(22-26-14-16-27(17-15-26)31-20-21-37(51-9)46-45-31)52-29-18-19-32-30(24-29)38(54-42(4,5)6)33(44-32)25-43(7,8)39(48)49/h10-21,24,35-36,44H,22-23,25H2,1-9H3,(H,48,49). The number of H-pyrrole nitrogens is 1. The van der Waals surface area contributed by atoms with Crippen LogP contribution in [0.3, 0.4) is 0 Å². The molecule has 0 aliphatic carbocycles. The summed E-state index contributed by atoms with van der Waals surface area (Å²) in [5.74, 6) is 0.248. The van der Waals surface area contributed by atoms with E-state index in [2.05, 4.69) is 54.2 Å². The molecule has 2 aromatic heterocycles. The average molecular weight is 751 g/mol. The third kappa shape index (κ3) is 8.84. The summed E-state index contributed by atoms with van der Waals surface area (Å²) in [5, 5.41) is 19.3. The number of thioether (sulfide) groups is 1. The third-order valence-corrected chi connectivity index (χ3v) is 10.5. The lowest BCUT2D eigenvalue weighted by Gasteiger charge is -2.34.